The molecule has 0 atom stereocenters. The molecule has 1 heteroatoms. The van der Waals surface area contributed by atoms with E-state index in [9.17, 15) is 0 Å². The van der Waals surface area contributed by atoms with E-state index in [1.807, 2.05) is 0 Å². The molecule has 0 aromatic heterocycles. The molecular weight excluding hydrogens is 591 g/mol. The van der Waals surface area contributed by atoms with Crippen LogP contribution in [0.2, 0.25) is 0 Å². The molecule has 0 saturated carbocycles. The summed E-state index contributed by atoms with van der Waals surface area (Å²) >= 11 is 0. The fourth-order valence-corrected chi connectivity index (χ4v) is 7.31. The molecule has 9 rings (SSSR count). The zero-order valence-corrected chi connectivity index (χ0v) is 27.0. The summed E-state index contributed by atoms with van der Waals surface area (Å²) in [6, 6.07) is 72.6. The first-order valence-corrected chi connectivity index (χ1v) is 16.9. The molecule has 49 heavy (non-hydrogen) atoms. The molecule has 0 amide bonds. The molecule has 0 unspecified atom stereocenters. The number of rotatable bonds is 6. The van der Waals surface area contributed by atoms with Crippen LogP contribution in [0.3, 0.4) is 0 Å². The molecule has 0 heterocycles. The smallest absolute Gasteiger partial charge is 0.0624 e. The third kappa shape index (κ3) is 5.23. The molecule has 9 aromatic carbocycles. The van der Waals surface area contributed by atoms with Crippen molar-refractivity contribution >= 4 is 49.4 Å². The zero-order valence-electron chi connectivity index (χ0n) is 27.0. The Morgan fingerprint density at radius 1 is 0.265 bits per heavy atom. The second-order valence-electron chi connectivity index (χ2n) is 12.5. The van der Waals surface area contributed by atoms with E-state index >= 15 is 0 Å². The number of anilines is 3. The van der Waals surface area contributed by atoms with Gasteiger partial charge in [0.15, 0.2) is 0 Å². The van der Waals surface area contributed by atoms with Gasteiger partial charge in [-0.3, -0.25) is 0 Å². The zero-order chi connectivity index (χ0) is 32.6. The van der Waals surface area contributed by atoms with Gasteiger partial charge in [-0.05, 0) is 85.1 Å². The molecule has 0 N–H and O–H groups in total. The van der Waals surface area contributed by atoms with E-state index in [2.05, 4.69) is 205 Å². The van der Waals surface area contributed by atoms with Crippen molar-refractivity contribution in [1.29, 1.82) is 0 Å². The lowest BCUT2D eigenvalue weighted by molar-refractivity contribution is 1.31. The standard InChI is InChI=1S/C48H33N/c1-3-15-34(16-4-1)37-21-13-23-40(31-37)47-45-27-11-9-25-43(45)44-26-10-12-28-46(44)48(47)49(42-30-29-36-19-7-8-20-38(36)33-42)41-24-14-22-39(32-41)35-17-5-2-6-18-35/h1-33H. The first-order valence-electron chi connectivity index (χ1n) is 16.9. The molecule has 0 aliphatic heterocycles. The Kier molecular flexibility index (Phi) is 7.22. The van der Waals surface area contributed by atoms with Gasteiger partial charge in [-0.1, -0.05) is 170 Å². The van der Waals surface area contributed by atoms with Gasteiger partial charge in [0.2, 0.25) is 0 Å². The molecule has 0 bridgehead atoms. The van der Waals surface area contributed by atoms with Crippen molar-refractivity contribution in [1.82, 2.24) is 0 Å². The highest BCUT2D eigenvalue weighted by molar-refractivity contribution is 6.22. The third-order valence-corrected chi connectivity index (χ3v) is 9.59. The molecule has 1 nitrogen and oxygen atoms in total. The van der Waals surface area contributed by atoms with Gasteiger partial charge in [0.05, 0.1) is 5.69 Å². The number of nitrogens with zero attached hydrogens (tertiary/aromatic N) is 1. The van der Waals surface area contributed by atoms with Crippen molar-refractivity contribution in [3.63, 3.8) is 0 Å². The van der Waals surface area contributed by atoms with Crippen molar-refractivity contribution in [3.05, 3.63) is 200 Å². The average molecular weight is 624 g/mol. The summed E-state index contributed by atoms with van der Waals surface area (Å²) in [5.74, 6) is 0. The average Bonchev–Trinajstić information content (AvgIpc) is 3.19. The van der Waals surface area contributed by atoms with Crippen LogP contribution in [-0.4, -0.2) is 0 Å². The van der Waals surface area contributed by atoms with Crippen molar-refractivity contribution in [2.45, 2.75) is 0 Å². The van der Waals surface area contributed by atoms with Crippen LogP contribution in [-0.2, 0) is 0 Å². The summed E-state index contributed by atoms with van der Waals surface area (Å²) in [6.45, 7) is 0. The maximum atomic E-state index is 2.48. The highest BCUT2D eigenvalue weighted by Gasteiger charge is 2.24. The minimum Gasteiger partial charge on any atom is -0.309 e. The van der Waals surface area contributed by atoms with Gasteiger partial charge in [0.1, 0.15) is 0 Å². The number of hydrogen-bond donors (Lipinski definition) is 0. The quantitative estimate of drug-likeness (QED) is 0.167. The van der Waals surface area contributed by atoms with Gasteiger partial charge in [0, 0.05) is 22.3 Å². The minimum absolute atomic E-state index is 1.11. The van der Waals surface area contributed by atoms with Crippen LogP contribution in [0.4, 0.5) is 17.1 Å². The normalized spacial score (nSPS) is 11.3. The maximum absolute atomic E-state index is 2.48. The lowest BCUT2D eigenvalue weighted by Gasteiger charge is -2.31. The van der Waals surface area contributed by atoms with E-state index in [1.165, 1.54) is 71.4 Å². The first kappa shape index (κ1) is 28.8. The summed E-state index contributed by atoms with van der Waals surface area (Å²) in [5.41, 5.74) is 10.6. The molecule has 0 fully saturated rings. The largest absolute Gasteiger partial charge is 0.309 e. The molecule has 0 radical (unpaired) electrons. The van der Waals surface area contributed by atoms with Gasteiger partial charge in [-0.15, -0.1) is 0 Å². The Morgan fingerprint density at radius 3 is 1.47 bits per heavy atom. The molecule has 230 valence electrons. The van der Waals surface area contributed by atoms with Crippen LogP contribution in [0.5, 0.6) is 0 Å². The lowest BCUT2D eigenvalue weighted by atomic mass is 9.88. The van der Waals surface area contributed by atoms with E-state index in [0.717, 1.165) is 11.4 Å². The van der Waals surface area contributed by atoms with E-state index < -0.39 is 0 Å². The van der Waals surface area contributed by atoms with Crippen molar-refractivity contribution in [2.24, 2.45) is 0 Å². The first-order chi connectivity index (χ1) is 24.3. The second kappa shape index (κ2) is 12.3. The summed E-state index contributed by atoms with van der Waals surface area (Å²) in [4.78, 5) is 2.48. The lowest BCUT2D eigenvalue weighted by Crippen LogP contribution is -2.12. The summed E-state index contributed by atoms with van der Waals surface area (Å²) in [5, 5.41) is 7.36. The van der Waals surface area contributed by atoms with Crippen LogP contribution in [0, 0.1) is 0 Å². The highest BCUT2D eigenvalue weighted by Crippen LogP contribution is 2.50. The maximum Gasteiger partial charge on any atom is 0.0624 e. The molecule has 0 aliphatic carbocycles. The van der Waals surface area contributed by atoms with Gasteiger partial charge in [-0.25, -0.2) is 0 Å². The molecule has 0 aliphatic rings. The van der Waals surface area contributed by atoms with Crippen molar-refractivity contribution in [2.75, 3.05) is 4.90 Å². The Hall–Kier alpha value is -6.44. The summed E-state index contributed by atoms with van der Waals surface area (Å²) in [7, 11) is 0. The predicted molar refractivity (Wildman–Crippen MR) is 210 cm³/mol. The number of benzene rings is 9. The third-order valence-electron chi connectivity index (χ3n) is 9.59. The van der Waals surface area contributed by atoms with Gasteiger partial charge >= 0.3 is 0 Å². The SMILES string of the molecule is c1ccc(-c2cccc(-c3c(N(c4cccc(-c5ccccc5)c4)c4ccc5ccccc5c4)c4ccccc4c4ccccc34)c2)cc1. The highest BCUT2D eigenvalue weighted by atomic mass is 15.1. The topological polar surface area (TPSA) is 3.24 Å². The summed E-state index contributed by atoms with van der Waals surface area (Å²) in [6.07, 6.45) is 0. The molecule has 0 saturated heterocycles. The van der Waals surface area contributed by atoms with Crippen LogP contribution < -0.4 is 4.90 Å². The van der Waals surface area contributed by atoms with Gasteiger partial charge in [-0.2, -0.15) is 0 Å². The fraction of sp³-hybridized carbons (Fsp3) is 0. The monoisotopic (exact) mass is 623 g/mol. The summed E-state index contributed by atoms with van der Waals surface area (Å²) < 4.78 is 0. The fourth-order valence-electron chi connectivity index (χ4n) is 7.31. The Morgan fingerprint density at radius 2 is 0.755 bits per heavy atom. The molecular formula is C48H33N. The number of fused-ring (bicyclic) bond motifs is 4. The Labute approximate surface area is 287 Å². The van der Waals surface area contributed by atoms with Gasteiger partial charge in [0.25, 0.3) is 0 Å². The van der Waals surface area contributed by atoms with Crippen LogP contribution in [0.25, 0.3) is 65.7 Å². The van der Waals surface area contributed by atoms with E-state index in [0.29, 0.717) is 0 Å². The number of hydrogen-bond acceptors (Lipinski definition) is 1. The van der Waals surface area contributed by atoms with E-state index in [1.54, 1.807) is 0 Å². The van der Waals surface area contributed by atoms with Crippen LogP contribution >= 0.6 is 0 Å². The van der Waals surface area contributed by atoms with Crippen LogP contribution in [0.15, 0.2) is 200 Å². The minimum atomic E-state index is 1.11. The van der Waals surface area contributed by atoms with E-state index in [4.69, 9.17) is 0 Å². The molecule has 9 aromatic rings. The Balaban J connectivity index is 1.41. The van der Waals surface area contributed by atoms with Crippen molar-refractivity contribution in [3.8, 4) is 33.4 Å². The predicted octanol–water partition coefficient (Wildman–Crippen LogP) is 13.6. The van der Waals surface area contributed by atoms with E-state index in [-0.39, 0.29) is 0 Å². The second-order valence-corrected chi connectivity index (χ2v) is 12.5. The van der Waals surface area contributed by atoms with Crippen molar-refractivity contribution < 1.29 is 0 Å². The Bertz CT molecular complexity index is 2600. The van der Waals surface area contributed by atoms with Gasteiger partial charge < -0.3 is 4.90 Å². The molecule has 0 spiro atoms. The van der Waals surface area contributed by atoms with Crippen LogP contribution in [0.1, 0.15) is 0 Å².